The van der Waals surface area contributed by atoms with Crippen molar-refractivity contribution in [2.24, 2.45) is 5.92 Å². The third-order valence-corrected chi connectivity index (χ3v) is 8.59. The lowest BCUT2D eigenvalue weighted by atomic mass is 9.91. The Hall–Kier alpha value is -3.03. The number of nitrogens with two attached hydrogens (primary N) is 1. The maximum atomic E-state index is 13.0. The molecule has 0 aliphatic heterocycles. The first-order valence-electron chi connectivity index (χ1n) is 11.4. The molecule has 1 unspecified atom stereocenters. The van der Waals surface area contributed by atoms with Crippen molar-refractivity contribution in [2.45, 2.75) is 38.0 Å². The number of anilines is 1. The fourth-order valence-corrected chi connectivity index (χ4v) is 6.81. The normalized spacial score (nSPS) is 19.2. The number of hydrogen-bond acceptors (Lipinski definition) is 6. The second-order valence-corrected chi connectivity index (χ2v) is 10.6. The van der Waals surface area contributed by atoms with Gasteiger partial charge in [0, 0.05) is 39.9 Å². The van der Waals surface area contributed by atoms with E-state index in [1.165, 1.54) is 10.1 Å². The topological polar surface area (TPSA) is 73.3 Å². The summed E-state index contributed by atoms with van der Waals surface area (Å²) in [7, 11) is 0. The SMILES string of the molecule is Nc1nccn2c(C3CCC[C@H](C(=O)c4ccsc4)CC3)nc(-c3cc4ccccc4s3)c12. The Bertz CT molecular complexity index is 1420. The third kappa shape index (κ3) is 3.65. The van der Waals surface area contributed by atoms with Gasteiger partial charge >= 0.3 is 0 Å². The molecule has 0 bridgehead atoms. The van der Waals surface area contributed by atoms with Gasteiger partial charge in [0.1, 0.15) is 22.9 Å². The lowest BCUT2D eigenvalue weighted by Crippen LogP contribution is -2.13. The second kappa shape index (κ2) is 8.39. The van der Waals surface area contributed by atoms with Crippen molar-refractivity contribution in [3.05, 3.63) is 70.9 Å². The van der Waals surface area contributed by atoms with Crippen LogP contribution >= 0.6 is 22.7 Å². The summed E-state index contributed by atoms with van der Waals surface area (Å²) in [5.74, 6) is 2.23. The van der Waals surface area contributed by atoms with Gasteiger partial charge in [0.15, 0.2) is 5.78 Å². The molecule has 1 fully saturated rings. The third-order valence-electron chi connectivity index (χ3n) is 6.78. The molecule has 2 atom stereocenters. The minimum Gasteiger partial charge on any atom is -0.382 e. The first-order chi connectivity index (χ1) is 16.2. The summed E-state index contributed by atoms with van der Waals surface area (Å²) in [6.45, 7) is 0. The minimum absolute atomic E-state index is 0.102. The van der Waals surface area contributed by atoms with E-state index in [9.17, 15) is 4.79 Å². The maximum absolute atomic E-state index is 13.0. The number of benzene rings is 1. The monoisotopic (exact) mass is 472 g/mol. The van der Waals surface area contributed by atoms with E-state index in [0.717, 1.165) is 59.6 Å². The van der Waals surface area contributed by atoms with E-state index in [-0.39, 0.29) is 5.92 Å². The fourth-order valence-electron chi connectivity index (χ4n) is 5.11. The van der Waals surface area contributed by atoms with Crippen molar-refractivity contribution in [1.82, 2.24) is 14.4 Å². The Kier molecular flexibility index (Phi) is 5.23. The number of carbonyl (C=O) groups is 1. The number of imidazole rings is 1. The molecule has 4 aromatic heterocycles. The van der Waals surface area contributed by atoms with Gasteiger partial charge in [-0.3, -0.25) is 9.20 Å². The Morgan fingerprint density at radius 1 is 1.12 bits per heavy atom. The van der Waals surface area contributed by atoms with Crippen LogP contribution < -0.4 is 5.73 Å². The predicted octanol–water partition coefficient (Wildman–Crippen LogP) is 6.80. The summed E-state index contributed by atoms with van der Waals surface area (Å²) in [6, 6.07) is 12.5. The van der Waals surface area contributed by atoms with Crippen LogP contribution in [0.1, 0.15) is 54.2 Å². The molecule has 4 heterocycles. The largest absolute Gasteiger partial charge is 0.382 e. The summed E-state index contributed by atoms with van der Waals surface area (Å²) < 4.78 is 3.37. The summed E-state index contributed by atoms with van der Waals surface area (Å²) in [4.78, 5) is 23.6. The predicted molar refractivity (Wildman–Crippen MR) is 136 cm³/mol. The molecule has 1 saturated carbocycles. The zero-order valence-corrected chi connectivity index (χ0v) is 19.7. The van der Waals surface area contributed by atoms with Gasteiger partial charge in [-0.1, -0.05) is 24.6 Å². The highest BCUT2D eigenvalue weighted by Crippen LogP contribution is 2.40. The number of fused-ring (bicyclic) bond motifs is 2. The van der Waals surface area contributed by atoms with Crippen LogP contribution in [0.2, 0.25) is 0 Å². The number of nitrogens with zero attached hydrogens (tertiary/aromatic N) is 3. The summed E-state index contributed by atoms with van der Waals surface area (Å²) in [6.07, 6.45) is 8.58. The van der Waals surface area contributed by atoms with E-state index in [0.29, 0.717) is 17.5 Å². The molecule has 2 N–H and O–H groups in total. The number of aromatic nitrogens is 3. The van der Waals surface area contributed by atoms with Crippen molar-refractivity contribution in [2.75, 3.05) is 5.73 Å². The summed E-state index contributed by atoms with van der Waals surface area (Å²) in [5, 5.41) is 5.17. The molecular weight excluding hydrogens is 448 g/mol. The average Bonchev–Trinajstić information content (AvgIpc) is 3.54. The smallest absolute Gasteiger partial charge is 0.166 e. The van der Waals surface area contributed by atoms with Crippen LogP contribution in [-0.2, 0) is 0 Å². The van der Waals surface area contributed by atoms with E-state index < -0.39 is 0 Å². The average molecular weight is 473 g/mol. The Labute approximate surface area is 199 Å². The molecule has 6 rings (SSSR count). The highest BCUT2D eigenvalue weighted by Gasteiger charge is 2.29. The van der Waals surface area contributed by atoms with Crippen LogP contribution in [0.15, 0.2) is 59.6 Å². The molecule has 166 valence electrons. The minimum atomic E-state index is 0.102. The van der Waals surface area contributed by atoms with Crippen LogP contribution in [0, 0.1) is 5.92 Å². The molecule has 7 heteroatoms. The second-order valence-electron chi connectivity index (χ2n) is 8.78. The van der Waals surface area contributed by atoms with Crippen LogP contribution in [0.25, 0.3) is 26.2 Å². The molecular formula is C26H24N4OS2. The van der Waals surface area contributed by atoms with Crippen LogP contribution in [0.4, 0.5) is 5.82 Å². The van der Waals surface area contributed by atoms with Gasteiger partial charge in [0.2, 0.25) is 0 Å². The first-order valence-corrected chi connectivity index (χ1v) is 13.1. The van der Waals surface area contributed by atoms with Gasteiger partial charge in [-0.15, -0.1) is 11.3 Å². The number of rotatable bonds is 4. The van der Waals surface area contributed by atoms with Crippen molar-refractivity contribution >= 4 is 49.9 Å². The molecule has 5 aromatic rings. The van der Waals surface area contributed by atoms with Gasteiger partial charge < -0.3 is 5.73 Å². The van der Waals surface area contributed by atoms with Crippen LogP contribution in [0.5, 0.6) is 0 Å². The van der Waals surface area contributed by atoms with Gasteiger partial charge in [-0.25, -0.2) is 9.97 Å². The van der Waals surface area contributed by atoms with Crippen molar-refractivity contribution < 1.29 is 4.79 Å². The summed E-state index contributed by atoms with van der Waals surface area (Å²) >= 11 is 3.33. The van der Waals surface area contributed by atoms with E-state index in [2.05, 4.69) is 39.7 Å². The molecule has 1 aliphatic rings. The lowest BCUT2D eigenvalue weighted by molar-refractivity contribution is 0.0908. The molecule has 1 aliphatic carbocycles. The number of nitrogen functional groups attached to an aromatic ring is 1. The van der Waals surface area contributed by atoms with E-state index in [1.54, 1.807) is 28.9 Å². The molecule has 0 saturated heterocycles. The zero-order valence-electron chi connectivity index (χ0n) is 18.1. The number of hydrogen-bond donors (Lipinski definition) is 1. The highest BCUT2D eigenvalue weighted by atomic mass is 32.1. The Morgan fingerprint density at radius 2 is 2.03 bits per heavy atom. The van der Waals surface area contributed by atoms with Crippen LogP contribution in [0.3, 0.4) is 0 Å². The van der Waals surface area contributed by atoms with E-state index >= 15 is 0 Å². The Morgan fingerprint density at radius 3 is 2.88 bits per heavy atom. The summed E-state index contributed by atoms with van der Waals surface area (Å²) in [5.41, 5.74) is 9.02. The lowest BCUT2D eigenvalue weighted by Gasteiger charge is -2.14. The quantitative estimate of drug-likeness (QED) is 0.230. The van der Waals surface area contributed by atoms with Gasteiger partial charge in [-0.05, 0) is 54.6 Å². The van der Waals surface area contributed by atoms with Crippen LogP contribution in [-0.4, -0.2) is 20.2 Å². The number of Topliss-reactive ketones (excluding diaryl/α,β-unsaturated/α-hetero) is 1. The number of thiophene rings is 2. The molecule has 1 aromatic carbocycles. The highest BCUT2D eigenvalue weighted by molar-refractivity contribution is 7.22. The van der Waals surface area contributed by atoms with Crippen molar-refractivity contribution in [3.8, 4) is 10.6 Å². The fraction of sp³-hybridized carbons (Fsp3) is 0.269. The van der Waals surface area contributed by atoms with Crippen molar-refractivity contribution in [3.63, 3.8) is 0 Å². The van der Waals surface area contributed by atoms with E-state index in [4.69, 9.17) is 10.7 Å². The molecule has 0 radical (unpaired) electrons. The molecule has 0 amide bonds. The molecule has 0 spiro atoms. The standard InChI is InChI=1S/C26H24N4OS2/c27-25-23-22(21-14-18-4-1-2-7-20(18)33-21)29-26(30(23)12-11-28-25)17-6-3-5-16(8-9-17)24(31)19-10-13-32-15-19/h1-2,4,7,10-17H,3,5-6,8-9H2,(H2,27,28)/t16-,17?/m0/s1. The van der Waals surface area contributed by atoms with Crippen molar-refractivity contribution in [1.29, 1.82) is 0 Å². The zero-order chi connectivity index (χ0) is 22.4. The number of ketones is 1. The number of carbonyl (C=O) groups excluding carboxylic acids is 1. The van der Waals surface area contributed by atoms with Gasteiger partial charge in [0.05, 0.1) is 4.88 Å². The first kappa shape index (κ1) is 20.6. The molecule has 33 heavy (non-hydrogen) atoms. The van der Waals surface area contributed by atoms with Gasteiger partial charge in [0.25, 0.3) is 0 Å². The maximum Gasteiger partial charge on any atom is 0.166 e. The van der Waals surface area contributed by atoms with E-state index in [1.807, 2.05) is 23.0 Å². The molecule has 5 nitrogen and oxygen atoms in total. The Balaban J connectivity index is 1.37. The van der Waals surface area contributed by atoms with Gasteiger partial charge in [-0.2, -0.15) is 11.3 Å².